The summed E-state index contributed by atoms with van der Waals surface area (Å²) in [5.74, 6) is 0. The second kappa shape index (κ2) is 6.25. The molecule has 0 aliphatic rings. The Balaban J connectivity index is 2.20. The molecule has 1 aromatic carbocycles. The Morgan fingerprint density at radius 3 is 2.61 bits per heavy atom. The van der Waals surface area contributed by atoms with E-state index in [1.165, 1.54) is 8.66 Å². The third-order valence-electron chi connectivity index (χ3n) is 2.75. The maximum atomic E-state index is 6.06. The number of rotatable bonds is 5. The van der Waals surface area contributed by atoms with E-state index in [0.717, 1.165) is 30.9 Å². The Kier molecular flexibility index (Phi) is 4.66. The van der Waals surface area contributed by atoms with E-state index in [9.17, 15) is 0 Å². The summed E-state index contributed by atoms with van der Waals surface area (Å²) < 4.78 is 1.18. The lowest BCUT2D eigenvalue weighted by Gasteiger charge is -2.25. The van der Waals surface area contributed by atoms with Crippen LogP contribution in [0.15, 0.2) is 40.2 Å². The summed E-state index contributed by atoms with van der Waals surface area (Å²) >= 11 is 5.28. The van der Waals surface area contributed by atoms with Crippen molar-refractivity contribution in [3.05, 3.63) is 45.1 Å². The van der Waals surface area contributed by atoms with Gasteiger partial charge in [-0.05, 0) is 46.6 Å². The molecule has 0 atom stereocenters. The number of nitrogens with two attached hydrogens (primary N) is 1. The normalized spacial score (nSPS) is 10.6. The Morgan fingerprint density at radius 1 is 1.22 bits per heavy atom. The molecule has 0 aliphatic carbocycles. The molecule has 0 radical (unpaired) electrons. The molecule has 18 heavy (non-hydrogen) atoms. The smallest absolute Gasteiger partial charge is 0.0702 e. The lowest BCUT2D eigenvalue weighted by Crippen LogP contribution is -2.23. The van der Waals surface area contributed by atoms with Gasteiger partial charge in [0.05, 0.1) is 21.7 Å². The van der Waals surface area contributed by atoms with E-state index >= 15 is 0 Å². The van der Waals surface area contributed by atoms with Gasteiger partial charge in [0.2, 0.25) is 0 Å². The van der Waals surface area contributed by atoms with Crippen LogP contribution in [-0.2, 0) is 6.54 Å². The maximum absolute atomic E-state index is 6.06. The van der Waals surface area contributed by atoms with Crippen molar-refractivity contribution in [1.29, 1.82) is 0 Å². The van der Waals surface area contributed by atoms with Crippen LogP contribution in [0.25, 0.3) is 0 Å². The molecule has 2 rings (SSSR count). The van der Waals surface area contributed by atoms with Crippen molar-refractivity contribution in [2.45, 2.75) is 19.9 Å². The first kappa shape index (κ1) is 13.4. The van der Waals surface area contributed by atoms with Crippen molar-refractivity contribution in [2.75, 3.05) is 17.2 Å². The second-order valence-electron chi connectivity index (χ2n) is 4.19. The zero-order valence-electron chi connectivity index (χ0n) is 10.4. The molecule has 0 saturated heterocycles. The molecule has 0 bridgehead atoms. The average Bonchev–Trinajstić information content (AvgIpc) is 2.75. The van der Waals surface area contributed by atoms with Gasteiger partial charge < -0.3 is 10.6 Å². The van der Waals surface area contributed by atoms with E-state index in [1.54, 1.807) is 11.3 Å². The monoisotopic (exact) mass is 324 g/mol. The summed E-state index contributed by atoms with van der Waals surface area (Å²) in [5, 5.41) is 0. The molecule has 1 heterocycles. The van der Waals surface area contributed by atoms with Crippen molar-refractivity contribution in [2.24, 2.45) is 0 Å². The molecule has 0 fully saturated rings. The molecule has 0 aliphatic heterocycles. The van der Waals surface area contributed by atoms with Crippen molar-refractivity contribution < 1.29 is 0 Å². The zero-order valence-corrected chi connectivity index (χ0v) is 12.8. The van der Waals surface area contributed by atoms with Crippen molar-refractivity contribution >= 4 is 38.6 Å². The van der Waals surface area contributed by atoms with Crippen molar-refractivity contribution in [3.8, 4) is 0 Å². The number of hydrogen-bond acceptors (Lipinski definition) is 3. The Labute approximate surface area is 121 Å². The number of thiophene rings is 1. The number of halogens is 1. The van der Waals surface area contributed by atoms with Crippen LogP contribution in [0.5, 0.6) is 0 Å². The first-order chi connectivity index (χ1) is 8.70. The molecule has 2 aromatic rings. The summed E-state index contributed by atoms with van der Waals surface area (Å²) in [4.78, 5) is 3.69. The summed E-state index contributed by atoms with van der Waals surface area (Å²) in [6, 6.07) is 12.3. The molecule has 0 spiro atoms. The second-order valence-corrected chi connectivity index (χ2v) is 6.73. The number of anilines is 2. The fourth-order valence-corrected chi connectivity index (χ4v) is 3.45. The van der Waals surface area contributed by atoms with E-state index in [2.05, 4.69) is 46.0 Å². The SMILES string of the molecule is CCCN(Cc1ccc(Br)s1)c1ccccc1N. The van der Waals surface area contributed by atoms with Gasteiger partial charge >= 0.3 is 0 Å². The Bertz CT molecular complexity index is 510. The van der Waals surface area contributed by atoms with E-state index < -0.39 is 0 Å². The zero-order chi connectivity index (χ0) is 13.0. The molecule has 4 heteroatoms. The first-order valence-electron chi connectivity index (χ1n) is 6.04. The molecule has 0 saturated carbocycles. The van der Waals surface area contributed by atoms with Crippen LogP contribution < -0.4 is 10.6 Å². The van der Waals surface area contributed by atoms with Crippen LogP contribution in [0.3, 0.4) is 0 Å². The minimum absolute atomic E-state index is 0.849. The molecule has 96 valence electrons. The van der Waals surface area contributed by atoms with Gasteiger partial charge in [0, 0.05) is 11.4 Å². The molecule has 2 N–H and O–H groups in total. The molecular formula is C14H17BrN2S. The lowest BCUT2D eigenvalue weighted by molar-refractivity contribution is 0.775. The molecule has 2 nitrogen and oxygen atoms in total. The summed E-state index contributed by atoms with van der Waals surface area (Å²) in [7, 11) is 0. The number of hydrogen-bond donors (Lipinski definition) is 1. The van der Waals surface area contributed by atoms with E-state index in [-0.39, 0.29) is 0 Å². The minimum atomic E-state index is 0.849. The maximum Gasteiger partial charge on any atom is 0.0702 e. The van der Waals surface area contributed by atoms with Crippen LogP contribution in [0.1, 0.15) is 18.2 Å². The third-order valence-corrected chi connectivity index (χ3v) is 4.35. The van der Waals surface area contributed by atoms with Gasteiger partial charge in [-0.15, -0.1) is 11.3 Å². The molecular weight excluding hydrogens is 308 g/mol. The largest absolute Gasteiger partial charge is 0.397 e. The van der Waals surface area contributed by atoms with E-state index in [0.29, 0.717) is 0 Å². The minimum Gasteiger partial charge on any atom is -0.397 e. The van der Waals surface area contributed by atoms with Crippen molar-refractivity contribution in [1.82, 2.24) is 0 Å². The van der Waals surface area contributed by atoms with Gasteiger partial charge in [0.1, 0.15) is 0 Å². The molecule has 1 aromatic heterocycles. The number of nitrogens with zero attached hydrogens (tertiary/aromatic N) is 1. The summed E-state index contributed by atoms with van der Waals surface area (Å²) in [6.07, 6.45) is 1.11. The van der Waals surface area contributed by atoms with Crippen LogP contribution in [0.4, 0.5) is 11.4 Å². The topological polar surface area (TPSA) is 29.3 Å². The molecule has 0 amide bonds. The number of benzene rings is 1. The van der Waals surface area contributed by atoms with Gasteiger partial charge in [0.15, 0.2) is 0 Å². The van der Waals surface area contributed by atoms with Crippen LogP contribution >= 0.6 is 27.3 Å². The highest BCUT2D eigenvalue weighted by Gasteiger charge is 2.10. The van der Waals surface area contributed by atoms with Crippen molar-refractivity contribution in [3.63, 3.8) is 0 Å². The van der Waals surface area contributed by atoms with Crippen LogP contribution in [0.2, 0.25) is 0 Å². The first-order valence-corrected chi connectivity index (χ1v) is 7.65. The van der Waals surface area contributed by atoms with Gasteiger partial charge in [-0.2, -0.15) is 0 Å². The lowest BCUT2D eigenvalue weighted by atomic mass is 10.2. The average molecular weight is 325 g/mol. The summed E-state index contributed by atoms with van der Waals surface area (Å²) in [6.45, 7) is 4.12. The van der Waals surface area contributed by atoms with Crippen LogP contribution in [-0.4, -0.2) is 6.54 Å². The standard InChI is InChI=1S/C14H17BrN2S/c1-2-9-17(10-11-7-8-14(15)18-11)13-6-4-3-5-12(13)16/h3-8H,2,9-10,16H2,1H3. The van der Waals surface area contributed by atoms with Gasteiger partial charge in [0.25, 0.3) is 0 Å². The van der Waals surface area contributed by atoms with Gasteiger partial charge in [-0.3, -0.25) is 0 Å². The predicted octanol–water partition coefficient (Wildman–Crippen LogP) is 4.51. The fraction of sp³-hybridized carbons (Fsp3) is 0.286. The predicted molar refractivity (Wildman–Crippen MR) is 84.2 cm³/mol. The quantitative estimate of drug-likeness (QED) is 0.820. The number of nitrogen functional groups attached to an aromatic ring is 1. The summed E-state index contributed by atoms with van der Waals surface area (Å²) in [5.41, 5.74) is 8.04. The third kappa shape index (κ3) is 3.27. The molecule has 0 unspecified atom stereocenters. The van der Waals surface area contributed by atoms with Gasteiger partial charge in [-0.25, -0.2) is 0 Å². The highest BCUT2D eigenvalue weighted by Crippen LogP contribution is 2.28. The number of para-hydroxylation sites is 2. The van der Waals surface area contributed by atoms with E-state index in [1.807, 2.05) is 18.2 Å². The van der Waals surface area contributed by atoms with Crippen LogP contribution in [0, 0.1) is 0 Å². The Hall–Kier alpha value is -1.00. The van der Waals surface area contributed by atoms with E-state index in [4.69, 9.17) is 5.73 Å². The fourth-order valence-electron chi connectivity index (χ4n) is 1.95. The Morgan fingerprint density at radius 2 is 2.00 bits per heavy atom. The van der Waals surface area contributed by atoms with Gasteiger partial charge in [-0.1, -0.05) is 19.1 Å². The highest BCUT2D eigenvalue weighted by molar-refractivity contribution is 9.11. The highest BCUT2D eigenvalue weighted by atomic mass is 79.9.